The zero-order chi connectivity index (χ0) is 17.1. The first-order valence-corrected chi connectivity index (χ1v) is 6.39. The molecule has 0 saturated carbocycles. The van der Waals surface area contributed by atoms with Crippen molar-refractivity contribution in [1.29, 1.82) is 5.26 Å². The minimum Gasteiger partial charge on any atom is -0.494 e. The molecule has 7 heteroatoms. The number of ether oxygens (including phenoxy) is 2. The Morgan fingerprint density at radius 2 is 2.00 bits per heavy atom. The standard InChI is InChI=1S/C9H9NO.C6H8O5/c1-2-11-9-5-3-4-8(6-9)7-10;1-3(4(2)7)5(8)11-6(9)10/h3-6H,2H2,1H3;3H,1-2H3,(H,9,10). The Balaban J connectivity index is 0.000000401. The molecular weight excluding hydrogens is 290 g/mol. The zero-order valence-corrected chi connectivity index (χ0v) is 12.5. The van der Waals surface area contributed by atoms with Crippen LogP contribution >= 0.6 is 0 Å². The number of nitriles is 1. The van der Waals surface area contributed by atoms with E-state index in [2.05, 4.69) is 4.74 Å². The average molecular weight is 307 g/mol. The number of benzene rings is 1. The highest BCUT2D eigenvalue weighted by Gasteiger charge is 2.21. The van der Waals surface area contributed by atoms with Crippen LogP contribution in [0.2, 0.25) is 0 Å². The highest BCUT2D eigenvalue weighted by Crippen LogP contribution is 2.11. The normalized spacial score (nSPS) is 10.3. The van der Waals surface area contributed by atoms with Crippen molar-refractivity contribution in [2.24, 2.45) is 5.92 Å². The van der Waals surface area contributed by atoms with Gasteiger partial charge in [0.05, 0.1) is 18.2 Å². The van der Waals surface area contributed by atoms with Crippen molar-refractivity contribution in [3.8, 4) is 11.8 Å². The maximum Gasteiger partial charge on any atom is 0.513 e. The number of hydrogen-bond acceptors (Lipinski definition) is 6. The first-order valence-electron chi connectivity index (χ1n) is 6.39. The van der Waals surface area contributed by atoms with Crippen LogP contribution < -0.4 is 4.74 Å². The number of nitrogens with zero attached hydrogens (tertiary/aromatic N) is 1. The molecule has 118 valence electrons. The number of ketones is 1. The monoisotopic (exact) mass is 307 g/mol. The minimum absolute atomic E-state index is 0.420. The average Bonchev–Trinajstić information content (AvgIpc) is 2.46. The Hall–Kier alpha value is -2.88. The summed E-state index contributed by atoms with van der Waals surface area (Å²) in [7, 11) is 0. The van der Waals surface area contributed by atoms with Crippen molar-refractivity contribution in [3.05, 3.63) is 29.8 Å². The Morgan fingerprint density at radius 3 is 2.45 bits per heavy atom. The third kappa shape index (κ3) is 7.65. The molecule has 1 aromatic rings. The molecule has 0 saturated heterocycles. The van der Waals surface area contributed by atoms with Gasteiger partial charge in [0.25, 0.3) is 0 Å². The molecule has 0 aliphatic carbocycles. The maximum atomic E-state index is 10.6. The van der Waals surface area contributed by atoms with E-state index in [4.69, 9.17) is 15.1 Å². The number of Topliss-reactive ketones (excluding diaryl/α,β-unsaturated/α-hetero) is 1. The van der Waals surface area contributed by atoms with Crippen LogP contribution in [0.4, 0.5) is 4.79 Å². The van der Waals surface area contributed by atoms with E-state index in [1.807, 2.05) is 25.1 Å². The maximum absolute atomic E-state index is 10.6. The molecule has 0 aliphatic heterocycles. The molecule has 1 N–H and O–H groups in total. The van der Waals surface area contributed by atoms with E-state index in [0.29, 0.717) is 12.2 Å². The summed E-state index contributed by atoms with van der Waals surface area (Å²) in [5.41, 5.74) is 0.635. The van der Waals surface area contributed by atoms with E-state index < -0.39 is 23.8 Å². The molecule has 0 bridgehead atoms. The smallest absolute Gasteiger partial charge is 0.494 e. The number of carboxylic acid groups (broad SMARTS) is 1. The molecule has 0 heterocycles. The summed E-state index contributed by atoms with van der Waals surface area (Å²) in [4.78, 5) is 30.8. The van der Waals surface area contributed by atoms with Crippen molar-refractivity contribution < 1.29 is 29.0 Å². The molecule has 0 fully saturated rings. The topological polar surface area (TPSA) is 114 Å². The van der Waals surface area contributed by atoms with Gasteiger partial charge in [-0.15, -0.1) is 0 Å². The van der Waals surface area contributed by atoms with Gasteiger partial charge in [0.1, 0.15) is 17.5 Å². The number of esters is 1. The van der Waals surface area contributed by atoms with Crippen molar-refractivity contribution in [2.45, 2.75) is 20.8 Å². The van der Waals surface area contributed by atoms with E-state index in [0.717, 1.165) is 5.75 Å². The molecule has 1 rings (SSSR count). The zero-order valence-electron chi connectivity index (χ0n) is 12.5. The van der Waals surface area contributed by atoms with Gasteiger partial charge in [-0.25, -0.2) is 4.79 Å². The van der Waals surface area contributed by atoms with Gasteiger partial charge in [-0.1, -0.05) is 6.07 Å². The second-order valence-corrected chi connectivity index (χ2v) is 4.09. The van der Waals surface area contributed by atoms with Gasteiger partial charge in [0, 0.05) is 0 Å². The quantitative estimate of drug-likeness (QED) is 0.671. The van der Waals surface area contributed by atoms with E-state index >= 15 is 0 Å². The summed E-state index contributed by atoms with van der Waals surface area (Å²) in [6.45, 7) is 5.02. The van der Waals surface area contributed by atoms with Gasteiger partial charge < -0.3 is 14.6 Å². The summed E-state index contributed by atoms with van der Waals surface area (Å²) in [5, 5.41) is 16.5. The lowest BCUT2D eigenvalue weighted by atomic mass is 10.1. The van der Waals surface area contributed by atoms with E-state index in [-0.39, 0.29) is 0 Å². The summed E-state index contributed by atoms with van der Waals surface area (Å²) in [6.07, 6.45) is -1.69. The number of carbonyl (C=O) groups is 3. The Labute approximate surface area is 128 Å². The van der Waals surface area contributed by atoms with Crippen molar-refractivity contribution >= 4 is 17.9 Å². The molecular formula is C15H17NO6. The van der Waals surface area contributed by atoms with Crippen LogP contribution in [0.25, 0.3) is 0 Å². The van der Waals surface area contributed by atoms with Gasteiger partial charge in [-0.3, -0.25) is 9.59 Å². The van der Waals surface area contributed by atoms with Crippen molar-refractivity contribution in [2.75, 3.05) is 6.61 Å². The lowest BCUT2D eigenvalue weighted by molar-refractivity contribution is -0.146. The minimum atomic E-state index is -1.69. The molecule has 1 atom stereocenters. The molecule has 7 nitrogen and oxygen atoms in total. The predicted molar refractivity (Wildman–Crippen MR) is 76.3 cm³/mol. The van der Waals surface area contributed by atoms with Crippen LogP contribution in [0.1, 0.15) is 26.3 Å². The van der Waals surface area contributed by atoms with Crippen LogP contribution in [-0.4, -0.2) is 29.6 Å². The summed E-state index contributed by atoms with van der Waals surface area (Å²) >= 11 is 0. The number of carbonyl (C=O) groups excluding carboxylic acids is 2. The molecule has 0 spiro atoms. The van der Waals surface area contributed by atoms with E-state index in [1.54, 1.807) is 12.1 Å². The molecule has 1 aromatic carbocycles. The third-order valence-electron chi connectivity index (χ3n) is 2.43. The van der Waals surface area contributed by atoms with Gasteiger partial charge in [-0.05, 0) is 39.0 Å². The van der Waals surface area contributed by atoms with Crippen LogP contribution in [0.15, 0.2) is 24.3 Å². The molecule has 0 radical (unpaired) electrons. The first kappa shape index (κ1) is 19.1. The summed E-state index contributed by atoms with van der Waals surface area (Å²) < 4.78 is 8.93. The van der Waals surface area contributed by atoms with Crippen LogP contribution in [0.5, 0.6) is 5.75 Å². The van der Waals surface area contributed by atoms with Crippen LogP contribution in [0, 0.1) is 17.2 Å². The van der Waals surface area contributed by atoms with Crippen LogP contribution in [-0.2, 0) is 14.3 Å². The van der Waals surface area contributed by atoms with Crippen LogP contribution in [0.3, 0.4) is 0 Å². The Morgan fingerprint density at radius 1 is 1.36 bits per heavy atom. The molecule has 22 heavy (non-hydrogen) atoms. The van der Waals surface area contributed by atoms with E-state index in [9.17, 15) is 14.4 Å². The van der Waals surface area contributed by atoms with Gasteiger partial charge in [0.15, 0.2) is 0 Å². The predicted octanol–water partition coefficient (Wildman–Crippen LogP) is 2.39. The fraction of sp³-hybridized carbons (Fsp3) is 0.333. The Bertz CT molecular complexity index is 576. The second kappa shape index (κ2) is 9.94. The SMILES string of the molecule is CC(=O)C(C)C(=O)OC(=O)O.CCOc1cccc(C#N)c1. The highest BCUT2D eigenvalue weighted by atomic mass is 16.7. The third-order valence-corrected chi connectivity index (χ3v) is 2.43. The summed E-state index contributed by atoms with van der Waals surface area (Å²) in [5.74, 6) is -1.71. The Kier molecular flexibility index (Phi) is 8.63. The number of hydrogen-bond donors (Lipinski definition) is 1. The second-order valence-electron chi connectivity index (χ2n) is 4.09. The lowest BCUT2D eigenvalue weighted by Gasteiger charge is -2.02. The molecule has 0 aromatic heterocycles. The van der Waals surface area contributed by atoms with Gasteiger partial charge >= 0.3 is 12.1 Å². The lowest BCUT2D eigenvalue weighted by Crippen LogP contribution is -2.23. The largest absolute Gasteiger partial charge is 0.513 e. The van der Waals surface area contributed by atoms with Crippen molar-refractivity contribution in [1.82, 2.24) is 0 Å². The fourth-order valence-corrected chi connectivity index (χ4v) is 1.16. The molecule has 1 unspecified atom stereocenters. The fourth-order valence-electron chi connectivity index (χ4n) is 1.16. The summed E-state index contributed by atoms with van der Waals surface area (Å²) in [6, 6.07) is 9.17. The van der Waals surface area contributed by atoms with Gasteiger partial charge in [0.2, 0.25) is 0 Å². The molecule has 0 aliphatic rings. The first-order chi connectivity index (χ1) is 10.3. The number of rotatable bonds is 4. The molecule has 0 amide bonds. The van der Waals surface area contributed by atoms with E-state index in [1.165, 1.54) is 13.8 Å². The van der Waals surface area contributed by atoms with Crippen molar-refractivity contribution in [3.63, 3.8) is 0 Å². The van der Waals surface area contributed by atoms with Gasteiger partial charge in [-0.2, -0.15) is 5.26 Å². The highest BCUT2D eigenvalue weighted by molar-refractivity contribution is 5.99.